The summed E-state index contributed by atoms with van der Waals surface area (Å²) < 4.78 is 0. The Morgan fingerprint density at radius 3 is 1.29 bits per heavy atom. The van der Waals surface area contributed by atoms with Crippen molar-refractivity contribution in [3.05, 3.63) is 0 Å². The standard InChI is InChI=1S/C26H52N2/c1-5-19-28(8-4)21-18-24-11-15-26(16-12-24)22-25-13-9-23(10-14-25)17-20-27(6-2)7-3/h23-26H,5-22H2,1-4H3. The Morgan fingerprint density at radius 1 is 0.500 bits per heavy atom. The lowest BCUT2D eigenvalue weighted by atomic mass is 9.72. The van der Waals surface area contributed by atoms with E-state index in [0.29, 0.717) is 0 Å². The highest BCUT2D eigenvalue weighted by Crippen LogP contribution is 2.39. The third-order valence-electron chi connectivity index (χ3n) is 8.19. The van der Waals surface area contributed by atoms with Crippen molar-refractivity contribution in [2.75, 3.05) is 39.3 Å². The van der Waals surface area contributed by atoms with Gasteiger partial charge in [-0.1, -0.05) is 79.1 Å². The zero-order valence-electron chi connectivity index (χ0n) is 19.9. The van der Waals surface area contributed by atoms with Gasteiger partial charge in [0.15, 0.2) is 0 Å². The number of hydrogen-bond donors (Lipinski definition) is 0. The van der Waals surface area contributed by atoms with E-state index in [1.807, 2.05) is 0 Å². The summed E-state index contributed by atoms with van der Waals surface area (Å²) >= 11 is 0. The summed E-state index contributed by atoms with van der Waals surface area (Å²) in [6, 6.07) is 0. The molecule has 2 nitrogen and oxygen atoms in total. The highest BCUT2D eigenvalue weighted by Gasteiger charge is 2.27. The summed E-state index contributed by atoms with van der Waals surface area (Å²) in [5.41, 5.74) is 0. The molecule has 0 aromatic heterocycles. The van der Waals surface area contributed by atoms with E-state index in [2.05, 4.69) is 37.5 Å². The van der Waals surface area contributed by atoms with Crippen LogP contribution in [-0.2, 0) is 0 Å². The highest BCUT2D eigenvalue weighted by molar-refractivity contribution is 4.79. The van der Waals surface area contributed by atoms with Gasteiger partial charge in [0.2, 0.25) is 0 Å². The molecule has 0 aliphatic heterocycles. The van der Waals surface area contributed by atoms with E-state index in [9.17, 15) is 0 Å². The maximum atomic E-state index is 2.66. The van der Waals surface area contributed by atoms with Crippen molar-refractivity contribution < 1.29 is 0 Å². The van der Waals surface area contributed by atoms with E-state index in [1.165, 1.54) is 110 Å². The topological polar surface area (TPSA) is 6.48 Å². The normalized spacial score (nSPS) is 28.9. The largest absolute Gasteiger partial charge is 0.304 e. The van der Waals surface area contributed by atoms with Gasteiger partial charge in [-0.15, -0.1) is 0 Å². The van der Waals surface area contributed by atoms with E-state index in [-0.39, 0.29) is 0 Å². The molecule has 0 aromatic rings. The zero-order valence-corrected chi connectivity index (χ0v) is 19.9. The molecule has 2 heteroatoms. The molecular weight excluding hydrogens is 340 g/mol. The smallest absolute Gasteiger partial charge is 0.00162 e. The molecule has 2 aliphatic rings. The second kappa shape index (κ2) is 14.0. The summed E-state index contributed by atoms with van der Waals surface area (Å²) in [7, 11) is 0. The molecule has 0 unspecified atom stereocenters. The van der Waals surface area contributed by atoms with Gasteiger partial charge in [-0.05, 0) is 88.6 Å². The maximum Gasteiger partial charge on any atom is -0.00162 e. The van der Waals surface area contributed by atoms with Gasteiger partial charge in [0.25, 0.3) is 0 Å². The van der Waals surface area contributed by atoms with Crippen molar-refractivity contribution >= 4 is 0 Å². The van der Waals surface area contributed by atoms with Crippen LogP contribution in [0.5, 0.6) is 0 Å². The average Bonchev–Trinajstić information content (AvgIpc) is 2.74. The van der Waals surface area contributed by atoms with Gasteiger partial charge in [0.05, 0.1) is 0 Å². The van der Waals surface area contributed by atoms with Crippen LogP contribution in [0.1, 0.15) is 105 Å². The zero-order chi connectivity index (χ0) is 20.2. The molecule has 28 heavy (non-hydrogen) atoms. The van der Waals surface area contributed by atoms with E-state index < -0.39 is 0 Å². The molecule has 0 N–H and O–H groups in total. The van der Waals surface area contributed by atoms with Gasteiger partial charge in [0, 0.05) is 0 Å². The molecule has 2 aliphatic carbocycles. The molecule has 0 spiro atoms. The lowest BCUT2D eigenvalue weighted by Gasteiger charge is -2.35. The van der Waals surface area contributed by atoms with Gasteiger partial charge in [-0.3, -0.25) is 0 Å². The lowest BCUT2D eigenvalue weighted by molar-refractivity contribution is 0.169. The molecular formula is C26H52N2. The number of rotatable bonds is 13. The predicted molar refractivity (Wildman–Crippen MR) is 125 cm³/mol. The average molecular weight is 393 g/mol. The Morgan fingerprint density at radius 2 is 0.893 bits per heavy atom. The van der Waals surface area contributed by atoms with Crippen LogP contribution >= 0.6 is 0 Å². The fourth-order valence-corrected chi connectivity index (χ4v) is 6.00. The second-order valence-electron chi connectivity index (χ2n) is 10.0. The van der Waals surface area contributed by atoms with E-state index in [1.54, 1.807) is 6.42 Å². The molecule has 2 saturated carbocycles. The van der Waals surface area contributed by atoms with E-state index in [0.717, 1.165) is 23.7 Å². The van der Waals surface area contributed by atoms with Crippen molar-refractivity contribution in [2.45, 2.75) is 105 Å². The van der Waals surface area contributed by atoms with Crippen LogP contribution in [0.2, 0.25) is 0 Å². The van der Waals surface area contributed by atoms with Crippen LogP contribution in [0.15, 0.2) is 0 Å². The minimum absolute atomic E-state index is 1.03. The van der Waals surface area contributed by atoms with Gasteiger partial charge < -0.3 is 9.80 Å². The monoisotopic (exact) mass is 392 g/mol. The Balaban J connectivity index is 1.56. The Hall–Kier alpha value is -0.0800. The molecule has 0 atom stereocenters. The number of hydrogen-bond acceptors (Lipinski definition) is 2. The van der Waals surface area contributed by atoms with Crippen LogP contribution in [0.3, 0.4) is 0 Å². The highest BCUT2D eigenvalue weighted by atomic mass is 15.1. The Labute approximate surface area is 177 Å². The van der Waals surface area contributed by atoms with Crippen LogP contribution < -0.4 is 0 Å². The van der Waals surface area contributed by atoms with Crippen molar-refractivity contribution in [1.82, 2.24) is 9.80 Å². The summed E-state index contributed by atoms with van der Waals surface area (Å²) in [6.45, 7) is 16.9. The molecule has 166 valence electrons. The lowest BCUT2D eigenvalue weighted by Crippen LogP contribution is -2.28. The summed E-state index contributed by atoms with van der Waals surface area (Å²) in [4.78, 5) is 5.26. The quantitative estimate of drug-likeness (QED) is 0.338. The maximum absolute atomic E-state index is 2.66. The van der Waals surface area contributed by atoms with Gasteiger partial charge in [0.1, 0.15) is 0 Å². The van der Waals surface area contributed by atoms with Crippen molar-refractivity contribution in [3.63, 3.8) is 0 Å². The molecule has 0 bridgehead atoms. The minimum Gasteiger partial charge on any atom is -0.304 e. The van der Waals surface area contributed by atoms with Crippen LogP contribution in [0, 0.1) is 23.7 Å². The Bertz CT molecular complexity index is 363. The van der Waals surface area contributed by atoms with Crippen molar-refractivity contribution in [2.24, 2.45) is 23.7 Å². The molecule has 2 rings (SSSR count). The molecule has 0 aromatic carbocycles. The summed E-state index contributed by atoms with van der Waals surface area (Å²) in [5.74, 6) is 4.17. The van der Waals surface area contributed by atoms with E-state index in [4.69, 9.17) is 0 Å². The molecule has 0 radical (unpaired) electrons. The van der Waals surface area contributed by atoms with Crippen LogP contribution in [0.4, 0.5) is 0 Å². The van der Waals surface area contributed by atoms with Gasteiger partial charge in [-0.2, -0.15) is 0 Å². The summed E-state index contributed by atoms with van der Waals surface area (Å²) in [6.07, 6.45) is 18.0. The minimum atomic E-state index is 1.03. The molecule has 0 heterocycles. The van der Waals surface area contributed by atoms with Crippen LogP contribution in [0.25, 0.3) is 0 Å². The number of nitrogens with zero attached hydrogens (tertiary/aromatic N) is 2. The predicted octanol–water partition coefficient (Wildman–Crippen LogP) is 6.84. The van der Waals surface area contributed by atoms with Gasteiger partial charge in [-0.25, -0.2) is 0 Å². The molecule has 0 saturated heterocycles. The fraction of sp³-hybridized carbons (Fsp3) is 1.00. The third kappa shape index (κ3) is 8.74. The first-order valence-electron chi connectivity index (χ1n) is 13.1. The van der Waals surface area contributed by atoms with Crippen molar-refractivity contribution in [1.29, 1.82) is 0 Å². The first-order chi connectivity index (χ1) is 13.7. The van der Waals surface area contributed by atoms with E-state index >= 15 is 0 Å². The molecule has 0 amide bonds. The van der Waals surface area contributed by atoms with Gasteiger partial charge >= 0.3 is 0 Å². The van der Waals surface area contributed by atoms with Crippen LogP contribution in [-0.4, -0.2) is 49.1 Å². The molecule has 2 fully saturated rings. The second-order valence-corrected chi connectivity index (χ2v) is 10.0. The van der Waals surface area contributed by atoms with Crippen molar-refractivity contribution in [3.8, 4) is 0 Å². The first-order valence-corrected chi connectivity index (χ1v) is 13.1. The third-order valence-corrected chi connectivity index (χ3v) is 8.19. The summed E-state index contributed by atoms with van der Waals surface area (Å²) in [5, 5.41) is 0. The first kappa shape index (κ1) is 24.2. The fourth-order valence-electron chi connectivity index (χ4n) is 6.00. The SMILES string of the molecule is CCCN(CC)CCC1CCC(CC2CCC(CCN(CC)CC)CC2)CC1. The Kier molecular flexibility index (Phi) is 12.1.